The van der Waals surface area contributed by atoms with Gasteiger partial charge in [-0.15, -0.1) is 0 Å². The molecule has 3 nitrogen and oxygen atoms in total. The van der Waals surface area contributed by atoms with Crippen molar-refractivity contribution < 1.29 is 5.11 Å². The van der Waals surface area contributed by atoms with Gasteiger partial charge in [0, 0.05) is 35.7 Å². The van der Waals surface area contributed by atoms with Gasteiger partial charge in [0.25, 0.3) is 0 Å². The maximum Gasteiger partial charge on any atom is 0.116 e. The monoisotopic (exact) mass is 272 g/mol. The van der Waals surface area contributed by atoms with E-state index >= 15 is 0 Å². The Hall–Kier alpha value is -1.48. The minimum Gasteiger partial charge on any atom is -0.508 e. The molecule has 3 rings (SSSR count). The molecule has 0 amide bonds. The summed E-state index contributed by atoms with van der Waals surface area (Å²) in [4.78, 5) is 5.93. The van der Waals surface area contributed by atoms with E-state index in [2.05, 4.69) is 29.9 Å². The normalized spacial score (nSPS) is 24.3. The SMILES string of the molecule is CC1CCCC(C)N1CCc1c[nH]c2ccc(O)cc12. The van der Waals surface area contributed by atoms with Crippen molar-refractivity contribution in [3.8, 4) is 5.75 Å². The summed E-state index contributed by atoms with van der Waals surface area (Å²) in [5.41, 5.74) is 2.42. The van der Waals surface area contributed by atoms with Crippen LogP contribution in [0.5, 0.6) is 5.75 Å². The lowest BCUT2D eigenvalue weighted by Gasteiger charge is -2.39. The number of aromatic nitrogens is 1. The van der Waals surface area contributed by atoms with Gasteiger partial charge in [0.2, 0.25) is 0 Å². The summed E-state index contributed by atoms with van der Waals surface area (Å²) in [7, 11) is 0. The summed E-state index contributed by atoms with van der Waals surface area (Å²) >= 11 is 0. The molecule has 0 spiro atoms. The van der Waals surface area contributed by atoms with Crippen LogP contribution in [0.1, 0.15) is 38.7 Å². The van der Waals surface area contributed by atoms with Crippen molar-refractivity contribution >= 4 is 10.9 Å². The lowest BCUT2D eigenvalue weighted by atomic mass is 9.97. The minimum absolute atomic E-state index is 0.345. The number of nitrogens with one attached hydrogen (secondary N) is 1. The largest absolute Gasteiger partial charge is 0.508 e. The first kappa shape index (κ1) is 13.5. The van der Waals surface area contributed by atoms with Gasteiger partial charge in [0.15, 0.2) is 0 Å². The number of benzene rings is 1. The predicted octanol–water partition coefficient (Wildman–Crippen LogP) is 3.68. The second kappa shape index (κ2) is 5.49. The first-order chi connectivity index (χ1) is 9.65. The first-order valence-electron chi connectivity index (χ1n) is 7.70. The van der Waals surface area contributed by atoms with Gasteiger partial charge in [-0.3, -0.25) is 4.90 Å². The van der Waals surface area contributed by atoms with Gasteiger partial charge in [0.1, 0.15) is 5.75 Å². The van der Waals surface area contributed by atoms with Crippen LogP contribution in [0.3, 0.4) is 0 Å². The van der Waals surface area contributed by atoms with Crippen molar-refractivity contribution in [3.63, 3.8) is 0 Å². The number of aromatic amines is 1. The molecule has 2 atom stereocenters. The number of rotatable bonds is 3. The molecule has 1 fully saturated rings. The molecule has 2 N–H and O–H groups in total. The number of phenols is 1. The van der Waals surface area contributed by atoms with Crippen LogP contribution in [0.15, 0.2) is 24.4 Å². The maximum atomic E-state index is 9.65. The molecule has 2 unspecified atom stereocenters. The number of H-pyrrole nitrogens is 1. The average Bonchev–Trinajstić information content (AvgIpc) is 2.81. The van der Waals surface area contributed by atoms with Crippen molar-refractivity contribution in [1.29, 1.82) is 0 Å². The van der Waals surface area contributed by atoms with Crippen molar-refractivity contribution in [1.82, 2.24) is 9.88 Å². The summed E-state index contributed by atoms with van der Waals surface area (Å²) in [6.45, 7) is 5.79. The van der Waals surface area contributed by atoms with Crippen molar-refractivity contribution in [3.05, 3.63) is 30.0 Å². The highest BCUT2D eigenvalue weighted by Crippen LogP contribution is 2.26. The summed E-state index contributed by atoms with van der Waals surface area (Å²) in [5, 5.41) is 10.8. The molecule has 0 saturated carbocycles. The van der Waals surface area contributed by atoms with Crippen LogP contribution in [0.4, 0.5) is 0 Å². The standard InChI is InChI=1S/C17H24N2O/c1-12-4-3-5-13(2)19(12)9-8-14-11-18-17-7-6-15(20)10-16(14)17/h6-7,10-13,18,20H,3-5,8-9H2,1-2H3. The van der Waals surface area contributed by atoms with Crippen LogP contribution in [0.25, 0.3) is 10.9 Å². The molecule has 20 heavy (non-hydrogen) atoms. The van der Waals surface area contributed by atoms with E-state index in [1.807, 2.05) is 12.1 Å². The molecule has 2 aromatic rings. The molecule has 3 heteroatoms. The van der Waals surface area contributed by atoms with Crippen LogP contribution >= 0.6 is 0 Å². The summed E-state index contributed by atoms with van der Waals surface area (Å²) in [5.74, 6) is 0.345. The Bertz CT molecular complexity index is 580. The molecule has 0 aliphatic carbocycles. The zero-order chi connectivity index (χ0) is 14.1. The summed E-state index contributed by atoms with van der Waals surface area (Å²) in [6.07, 6.45) is 7.12. The lowest BCUT2D eigenvalue weighted by Crippen LogP contribution is -2.44. The number of phenolic OH excluding ortho intramolecular Hbond substituents is 1. The van der Waals surface area contributed by atoms with E-state index in [1.54, 1.807) is 6.07 Å². The Morgan fingerprint density at radius 2 is 2.00 bits per heavy atom. The quantitative estimate of drug-likeness (QED) is 0.894. The molecular weight excluding hydrogens is 248 g/mol. The minimum atomic E-state index is 0.345. The lowest BCUT2D eigenvalue weighted by molar-refractivity contribution is 0.105. The van der Waals surface area contributed by atoms with Gasteiger partial charge >= 0.3 is 0 Å². The topological polar surface area (TPSA) is 39.3 Å². The second-order valence-electron chi connectivity index (χ2n) is 6.16. The first-order valence-corrected chi connectivity index (χ1v) is 7.70. The van der Waals surface area contributed by atoms with Gasteiger partial charge in [0.05, 0.1) is 0 Å². The third kappa shape index (κ3) is 2.55. The van der Waals surface area contributed by atoms with Crippen LogP contribution in [0.2, 0.25) is 0 Å². The molecule has 1 aliphatic rings. The number of aromatic hydroxyl groups is 1. The molecule has 1 aliphatic heterocycles. The van der Waals surface area contributed by atoms with Gasteiger partial charge in [-0.25, -0.2) is 0 Å². The van der Waals surface area contributed by atoms with Crippen LogP contribution in [-0.2, 0) is 6.42 Å². The van der Waals surface area contributed by atoms with E-state index in [9.17, 15) is 5.11 Å². The Morgan fingerprint density at radius 3 is 2.75 bits per heavy atom. The number of piperidine rings is 1. The number of hydrogen-bond acceptors (Lipinski definition) is 2. The fourth-order valence-electron chi connectivity index (χ4n) is 3.54. The van der Waals surface area contributed by atoms with Crippen LogP contribution in [-0.4, -0.2) is 33.6 Å². The smallest absolute Gasteiger partial charge is 0.116 e. The van der Waals surface area contributed by atoms with Gasteiger partial charge in [-0.05, 0) is 56.9 Å². The Labute approximate surface area is 120 Å². The maximum absolute atomic E-state index is 9.65. The van der Waals surface area contributed by atoms with E-state index < -0.39 is 0 Å². The highest BCUT2D eigenvalue weighted by atomic mass is 16.3. The van der Waals surface area contributed by atoms with Gasteiger partial charge in [-0.2, -0.15) is 0 Å². The van der Waals surface area contributed by atoms with E-state index in [1.165, 1.54) is 24.8 Å². The van der Waals surface area contributed by atoms with E-state index in [-0.39, 0.29) is 0 Å². The van der Waals surface area contributed by atoms with Crippen LogP contribution < -0.4 is 0 Å². The van der Waals surface area contributed by atoms with Gasteiger partial charge < -0.3 is 10.1 Å². The third-order valence-electron chi connectivity index (χ3n) is 4.77. The van der Waals surface area contributed by atoms with Crippen molar-refractivity contribution in [2.75, 3.05) is 6.54 Å². The molecule has 0 radical (unpaired) electrons. The van der Waals surface area contributed by atoms with E-state index in [4.69, 9.17) is 0 Å². The van der Waals surface area contributed by atoms with Crippen molar-refractivity contribution in [2.24, 2.45) is 0 Å². The molecular formula is C17H24N2O. The molecule has 1 aromatic heterocycles. The molecule has 0 bridgehead atoms. The summed E-state index contributed by atoms with van der Waals surface area (Å²) < 4.78 is 0. The summed E-state index contributed by atoms with van der Waals surface area (Å²) in [6, 6.07) is 6.93. The zero-order valence-electron chi connectivity index (χ0n) is 12.4. The number of hydrogen-bond donors (Lipinski definition) is 2. The van der Waals surface area contributed by atoms with Crippen molar-refractivity contribution in [2.45, 2.75) is 51.6 Å². The third-order valence-corrected chi connectivity index (χ3v) is 4.77. The highest BCUT2D eigenvalue weighted by Gasteiger charge is 2.24. The fraction of sp³-hybridized carbons (Fsp3) is 0.529. The molecule has 108 valence electrons. The Kier molecular flexibility index (Phi) is 3.70. The average molecular weight is 272 g/mol. The van der Waals surface area contributed by atoms with Crippen LogP contribution in [0, 0.1) is 0 Å². The fourth-order valence-corrected chi connectivity index (χ4v) is 3.54. The predicted molar refractivity (Wildman–Crippen MR) is 83.1 cm³/mol. The highest BCUT2D eigenvalue weighted by molar-refractivity contribution is 5.84. The molecule has 1 saturated heterocycles. The molecule has 1 aromatic carbocycles. The number of fused-ring (bicyclic) bond motifs is 1. The number of nitrogens with zero attached hydrogens (tertiary/aromatic N) is 1. The Balaban J connectivity index is 1.75. The molecule has 2 heterocycles. The van der Waals surface area contributed by atoms with Gasteiger partial charge in [-0.1, -0.05) is 6.42 Å². The zero-order valence-corrected chi connectivity index (χ0v) is 12.4. The Morgan fingerprint density at radius 1 is 1.25 bits per heavy atom. The number of likely N-dealkylation sites (tertiary alicyclic amines) is 1. The van der Waals surface area contributed by atoms with E-state index in [0.717, 1.165) is 23.9 Å². The second-order valence-corrected chi connectivity index (χ2v) is 6.16. The van der Waals surface area contributed by atoms with E-state index in [0.29, 0.717) is 17.8 Å².